The van der Waals surface area contributed by atoms with E-state index in [4.69, 9.17) is 16.3 Å². The summed E-state index contributed by atoms with van der Waals surface area (Å²) in [6.45, 7) is 3.78. The molecule has 3 rings (SSSR count). The number of ether oxygens (including phenoxy) is 1. The maximum absolute atomic E-state index is 12.6. The van der Waals surface area contributed by atoms with Crippen molar-refractivity contribution in [2.75, 3.05) is 17.1 Å². The molecule has 3 aromatic carbocycles. The third-order valence-electron chi connectivity index (χ3n) is 4.60. The van der Waals surface area contributed by atoms with Crippen molar-refractivity contribution in [1.29, 1.82) is 0 Å². The third kappa shape index (κ3) is 4.93. The van der Waals surface area contributed by atoms with Crippen molar-refractivity contribution in [3.63, 3.8) is 0 Å². The van der Waals surface area contributed by atoms with Gasteiger partial charge in [-0.05, 0) is 79.6 Å². The van der Waals surface area contributed by atoms with E-state index in [1.54, 1.807) is 36.4 Å². The average molecular weight is 445 g/mol. The number of aryl methyl sites for hydroxylation is 2. The van der Waals surface area contributed by atoms with E-state index in [2.05, 4.69) is 10.0 Å². The Morgan fingerprint density at radius 2 is 1.63 bits per heavy atom. The fraction of sp³-hybridized carbons (Fsp3) is 0.136. The van der Waals surface area contributed by atoms with Crippen LogP contribution in [0.5, 0.6) is 5.75 Å². The Hall–Kier alpha value is -3.03. The van der Waals surface area contributed by atoms with Crippen LogP contribution in [0.25, 0.3) is 0 Å². The molecule has 156 valence electrons. The van der Waals surface area contributed by atoms with E-state index in [0.29, 0.717) is 27.7 Å². The maximum Gasteiger partial charge on any atom is 0.261 e. The van der Waals surface area contributed by atoms with E-state index in [1.807, 2.05) is 13.8 Å². The Balaban J connectivity index is 1.75. The number of rotatable bonds is 6. The zero-order valence-corrected chi connectivity index (χ0v) is 18.3. The molecule has 0 saturated heterocycles. The van der Waals surface area contributed by atoms with E-state index in [9.17, 15) is 13.2 Å². The van der Waals surface area contributed by atoms with Crippen molar-refractivity contribution >= 4 is 38.9 Å². The predicted molar refractivity (Wildman–Crippen MR) is 119 cm³/mol. The summed E-state index contributed by atoms with van der Waals surface area (Å²) in [5.74, 6) is 0.102. The highest BCUT2D eigenvalue weighted by molar-refractivity contribution is 7.92. The molecule has 0 aromatic heterocycles. The van der Waals surface area contributed by atoms with Gasteiger partial charge >= 0.3 is 0 Å². The van der Waals surface area contributed by atoms with Gasteiger partial charge in [-0.3, -0.25) is 9.52 Å². The van der Waals surface area contributed by atoms with Crippen molar-refractivity contribution in [1.82, 2.24) is 0 Å². The van der Waals surface area contributed by atoms with Gasteiger partial charge in [0.15, 0.2) is 0 Å². The second-order valence-corrected chi connectivity index (χ2v) is 8.85. The Morgan fingerprint density at radius 1 is 0.933 bits per heavy atom. The van der Waals surface area contributed by atoms with E-state index in [0.717, 1.165) is 11.1 Å². The van der Waals surface area contributed by atoms with Gasteiger partial charge in [0.2, 0.25) is 0 Å². The van der Waals surface area contributed by atoms with Crippen molar-refractivity contribution in [3.8, 4) is 5.75 Å². The van der Waals surface area contributed by atoms with Crippen LogP contribution in [0.4, 0.5) is 11.4 Å². The van der Waals surface area contributed by atoms with Crippen LogP contribution in [0.3, 0.4) is 0 Å². The zero-order valence-electron chi connectivity index (χ0n) is 16.7. The largest absolute Gasteiger partial charge is 0.495 e. The summed E-state index contributed by atoms with van der Waals surface area (Å²) in [6.07, 6.45) is 0. The van der Waals surface area contributed by atoms with Crippen LogP contribution in [0.2, 0.25) is 5.02 Å². The third-order valence-corrected chi connectivity index (χ3v) is 6.21. The summed E-state index contributed by atoms with van der Waals surface area (Å²) in [5.41, 5.74) is 3.05. The molecule has 0 heterocycles. The Kier molecular flexibility index (Phi) is 6.34. The summed E-state index contributed by atoms with van der Waals surface area (Å²) in [7, 11) is -2.23. The van der Waals surface area contributed by atoms with Gasteiger partial charge in [-0.1, -0.05) is 17.7 Å². The molecule has 30 heavy (non-hydrogen) atoms. The van der Waals surface area contributed by atoms with Gasteiger partial charge in [-0.2, -0.15) is 0 Å². The van der Waals surface area contributed by atoms with Crippen LogP contribution in [0.15, 0.2) is 65.6 Å². The maximum atomic E-state index is 12.6. The van der Waals surface area contributed by atoms with Gasteiger partial charge in [0, 0.05) is 16.3 Å². The molecule has 8 heteroatoms. The molecule has 2 N–H and O–H groups in total. The van der Waals surface area contributed by atoms with E-state index in [1.165, 1.54) is 31.4 Å². The number of methoxy groups -OCH3 is 1. The van der Waals surface area contributed by atoms with Crippen molar-refractivity contribution < 1.29 is 17.9 Å². The van der Waals surface area contributed by atoms with Crippen LogP contribution < -0.4 is 14.8 Å². The lowest BCUT2D eigenvalue weighted by molar-refractivity contribution is 0.102. The Bertz CT molecular complexity index is 1190. The summed E-state index contributed by atoms with van der Waals surface area (Å²) in [6, 6.07) is 16.0. The first-order valence-corrected chi connectivity index (χ1v) is 10.9. The number of halogens is 1. The molecule has 0 saturated carbocycles. The van der Waals surface area contributed by atoms with E-state index < -0.39 is 10.0 Å². The normalized spacial score (nSPS) is 11.1. The molecule has 0 unspecified atom stereocenters. The second kappa shape index (κ2) is 8.77. The van der Waals surface area contributed by atoms with Crippen molar-refractivity contribution in [2.45, 2.75) is 18.7 Å². The molecule has 0 fully saturated rings. The van der Waals surface area contributed by atoms with Gasteiger partial charge < -0.3 is 10.1 Å². The number of hydrogen-bond acceptors (Lipinski definition) is 4. The predicted octanol–water partition coefficient (Wildman–Crippen LogP) is 5.02. The molecular formula is C22H21ClN2O4S. The minimum atomic E-state index is -3.73. The summed E-state index contributed by atoms with van der Waals surface area (Å²) < 4.78 is 33.0. The van der Waals surface area contributed by atoms with Gasteiger partial charge in [0.1, 0.15) is 5.75 Å². The van der Waals surface area contributed by atoms with E-state index in [-0.39, 0.29) is 10.8 Å². The quantitative estimate of drug-likeness (QED) is 0.559. The molecule has 0 aliphatic rings. The topological polar surface area (TPSA) is 84.5 Å². The molecule has 0 atom stereocenters. The number of hydrogen-bond donors (Lipinski definition) is 2. The van der Waals surface area contributed by atoms with Gasteiger partial charge in [-0.25, -0.2) is 8.42 Å². The zero-order chi connectivity index (χ0) is 21.9. The minimum absolute atomic E-state index is 0.181. The monoisotopic (exact) mass is 444 g/mol. The first-order chi connectivity index (χ1) is 14.2. The molecular weight excluding hydrogens is 424 g/mol. The number of anilines is 2. The Morgan fingerprint density at radius 3 is 2.27 bits per heavy atom. The lowest BCUT2D eigenvalue weighted by atomic mass is 10.1. The van der Waals surface area contributed by atoms with E-state index >= 15 is 0 Å². The molecule has 0 spiro atoms. The summed E-state index contributed by atoms with van der Waals surface area (Å²) in [4.78, 5) is 12.7. The highest BCUT2D eigenvalue weighted by atomic mass is 35.5. The number of nitrogens with one attached hydrogen (secondary N) is 2. The second-order valence-electron chi connectivity index (χ2n) is 6.73. The molecule has 0 aliphatic heterocycles. The van der Waals surface area contributed by atoms with Crippen LogP contribution >= 0.6 is 11.6 Å². The van der Waals surface area contributed by atoms with Crippen LogP contribution in [-0.2, 0) is 10.0 Å². The first-order valence-electron chi connectivity index (χ1n) is 9.04. The number of benzene rings is 3. The number of amides is 1. The number of carbonyl (C=O) groups excluding carboxylic acids is 1. The smallest absolute Gasteiger partial charge is 0.261 e. The van der Waals surface area contributed by atoms with Gasteiger partial charge in [0.05, 0.1) is 17.7 Å². The SMILES string of the molecule is COc1ccc(Cl)cc1NC(=O)c1ccc(NS(=O)(=O)c2ccc(C)c(C)c2)cc1. The number of sulfonamides is 1. The Labute approximate surface area is 180 Å². The highest BCUT2D eigenvalue weighted by Gasteiger charge is 2.16. The lowest BCUT2D eigenvalue weighted by Crippen LogP contribution is -2.14. The fourth-order valence-electron chi connectivity index (χ4n) is 2.76. The van der Waals surface area contributed by atoms with Gasteiger partial charge in [-0.15, -0.1) is 0 Å². The minimum Gasteiger partial charge on any atom is -0.495 e. The standard InChI is InChI=1S/C22H21ClN2O4S/c1-14-4-10-19(12-15(14)2)30(27,28)25-18-8-5-16(6-9-18)22(26)24-20-13-17(23)7-11-21(20)29-3/h4-13,25H,1-3H3,(H,24,26). The summed E-state index contributed by atoms with van der Waals surface area (Å²) >= 11 is 5.98. The fourth-order valence-corrected chi connectivity index (χ4v) is 4.07. The molecule has 0 bridgehead atoms. The highest BCUT2D eigenvalue weighted by Crippen LogP contribution is 2.28. The molecule has 6 nitrogen and oxygen atoms in total. The molecule has 0 aliphatic carbocycles. The molecule has 0 radical (unpaired) electrons. The van der Waals surface area contributed by atoms with Crippen LogP contribution in [0.1, 0.15) is 21.5 Å². The van der Waals surface area contributed by atoms with Crippen molar-refractivity contribution in [3.05, 3.63) is 82.4 Å². The average Bonchev–Trinajstić information content (AvgIpc) is 2.70. The lowest BCUT2D eigenvalue weighted by Gasteiger charge is -2.12. The van der Waals surface area contributed by atoms with Crippen LogP contribution in [0, 0.1) is 13.8 Å². The van der Waals surface area contributed by atoms with Gasteiger partial charge in [0.25, 0.3) is 15.9 Å². The molecule has 3 aromatic rings. The first kappa shape index (κ1) is 21.7. The van der Waals surface area contributed by atoms with Crippen molar-refractivity contribution in [2.24, 2.45) is 0 Å². The van der Waals surface area contributed by atoms with Crippen LogP contribution in [-0.4, -0.2) is 21.4 Å². The summed E-state index contributed by atoms with van der Waals surface area (Å²) in [5, 5.41) is 3.20. The molecule has 1 amide bonds. The number of carbonyl (C=O) groups is 1.